The fraction of sp³-hybridized carbons (Fsp3) is 0.296. The highest BCUT2D eigenvalue weighted by molar-refractivity contribution is 7.98. The lowest BCUT2D eigenvalue weighted by Crippen LogP contribution is -2.61. The topological polar surface area (TPSA) is 104 Å². The number of piperazine rings is 1. The van der Waals surface area contributed by atoms with Gasteiger partial charge in [0.25, 0.3) is 0 Å². The van der Waals surface area contributed by atoms with Gasteiger partial charge < -0.3 is 5.32 Å². The lowest BCUT2D eigenvalue weighted by atomic mass is 10.1. The predicted molar refractivity (Wildman–Crippen MR) is 150 cm³/mol. The molecule has 0 radical (unpaired) electrons. The van der Waals surface area contributed by atoms with Gasteiger partial charge in [-0.25, -0.2) is 16.8 Å². The summed E-state index contributed by atoms with van der Waals surface area (Å²) in [5.74, 6) is 0.905. The summed E-state index contributed by atoms with van der Waals surface area (Å²) in [5.41, 5.74) is 2.42. The second kappa shape index (κ2) is 12.4. The Hall–Kier alpha value is -2.70. The van der Waals surface area contributed by atoms with E-state index in [0.717, 1.165) is 10.1 Å². The molecule has 3 aromatic rings. The molecule has 1 saturated heterocycles. The molecule has 0 bridgehead atoms. The monoisotopic (exact) mass is 573 g/mol. The number of hydrogen-bond acceptors (Lipinski definition) is 6. The molecule has 1 atom stereocenters. The largest absolute Gasteiger partial charge is 0.354 e. The molecule has 11 heteroatoms. The second-order valence-corrected chi connectivity index (χ2v) is 13.8. The van der Waals surface area contributed by atoms with Crippen molar-refractivity contribution >= 4 is 37.7 Å². The van der Waals surface area contributed by atoms with Gasteiger partial charge in [0.15, 0.2) is 0 Å². The van der Waals surface area contributed by atoms with Crippen molar-refractivity contribution in [3.63, 3.8) is 0 Å². The van der Waals surface area contributed by atoms with Crippen LogP contribution in [0.3, 0.4) is 0 Å². The van der Waals surface area contributed by atoms with Gasteiger partial charge in [0.2, 0.25) is 26.0 Å². The molecule has 1 fully saturated rings. The van der Waals surface area contributed by atoms with Crippen LogP contribution in [0, 0.1) is 6.92 Å². The van der Waals surface area contributed by atoms with E-state index >= 15 is 0 Å². The molecular formula is C27H31N3O5S3. The standard InChI is InChI=1S/C27H31N3O5S3/c1-22-10-8-9-11-23(22)21-36-19-16-28-27(31)26-20-29(37(32,33)24-12-4-2-5-13-24)17-18-30(26)38(34,35)25-14-6-3-7-15-25/h2-15,26H,16-21H2,1H3,(H,28,31)/t26-/m1/s1. The first-order valence-corrected chi connectivity index (χ1v) is 16.3. The Morgan fingerprint density at radius 3 is 2.05 bits per heavy atom. The van der Waals surface area contributed by atoms with Crippen LogP contribution in [-0.4, -0.2) is 69.3 Å². The quantitative estimate of drug-likeness (QED) is 0.374. The van der Waals surface area contributed by atoms with Gasteiger partial charge >= 0.3 is 0 Å². The van der Waals surface area contributed by atoms with Crippen LogP contribution in [0.5, 0.6) is 0 Å². The first kappa shape index (κ1) is 28.3. The summed E-state index contributed by atoms with van der Waals surface area (Å²) in [6.07, 6.45) is 0. The molecule has 1 aliphatic rings. The minimum Gasteiger partial charge on any atom is -0.354 e. The van der Waals surface area contributed by atoms with Gasteiger partial charge in [-0.15, -0.1) is 0 Å². The molecule has 1 heterocycles. The summed E-state index contributed by atoms with van der Waals surface area (Å²) in [6, 6.07) is 22.7. The molecule has 0 unspecified atom stereocenters. The average molecular weight is 574 g/mol. The third-order valence-electron chi connectivity index (χ3n) is 6.39. The van der Waals surface area contributed by atoms with Crippen molar-refractivity contribution in [1.82, 2.24) is 13.9 Å². The van der Waals surface area contributed by atoms with Crippen molar-refractivity contribution in [3.05, 3.63) is 96.1 Å². The van der Waals surface area contributed by atoms with Gasteiger partial charge in [-0.3, -0.25) is 4.79 Å². The molecule has 1 N–H and O–H groups in total. The Kier molecular flexibility index (Phi) is 9.27. The lowest BCUT2D eigenvalue weighted by molar-refractivity contribution is -0.125. The summed E-state index contributed by atoms with van der Waals surface area (Å²) in [7, 11) is -7.92. The van der Waals surface area contributed by atoms with Crippen molar-refractivity contribution in [2.45, 2.75) is 28.5 Å². The summed E-state index contributed by atoms with van der Waals surface area (Å²) in [6.45, 7) is 1.92. The van der Waals surface area contributed by atoms with Crippen molar-refractivity contribution < 1.29 is 21.6 Å². The van der Waals surface area contributed by atoms with Crippen LogP contribution in [-0.2, 0) is 30.6 Å². The van der Waals surface area contributed by atoms with E-state index in [1.807, 2.05) is 12.1 Å². The minimum absolute atomic E-state index is 0.0562. The van der Waals surface area contributed by atoms with E-state index in [4.69, 9.17) is 0 Å². The molecule has 202 valence electrons. The molecule has 0 saturated carbocycles. The van der Waals surface area contributed by atoms with Crippen LogP contribution in [0.4, 0.5) is 0 Å². The number of hydrogen-bond donors (Lipinski definition) is 1. The number of thioether (sulfide) groups is 1. The van der Waals surface area contributed by atoms with Crippen LogP contribution in [0.15, 0.2) is 94.7 Å². The zero-order chi connectivity index (χ0) is 27.2. The van der Waals surface area contributed by atoms with E-state index in [0.29, 0.717) is 12.3 Å². The van der Waals surface area contributed by atoms with E-state index in [-0.39, 0.29) is 29.4 Å². The molecule has 3 aromatic carbocycles. The van der Waals surface area contributed by atoms with Gasteiger partial charge in [-0.1, -0.05) is 60.7 Å². The van der Waals surface area contributed by atoms with Crippen LogP contribution in [0.2, 0.25) is 0 Å². The number of amides is 1. The van der Waals surface area contributed by atoms with E-state index in [2.05, 4.69) is 24.4 Å². The molecule has 38 heavy (non-hydrogen) atoms. The fourth-order valence-corrected chi connectivity index (χ4v) is 8.23. The Balaban J connectivity index is 1.49. The zero-order valence-corrected chi connectivity index (χ0v) is 23.5. The van der Waals surface area contributed by atoms with Gasteiger partial charge in [0, 0.05) is 37.7 Å². The summed E-state index contributed by atoms with van der Waals surface area (Å²) in [4.78, 5) is 13.5. The van der Waals surface area contributed by atoms with Crippen molar-refractivity contribution in [1.29, 1.82) is 0 Å². The number of rotatable bonds is 10. The molecular weight excluding hydrogens is 543 g/mol. The highest BCUT2D eigenvalue weighted by Gasteiger charge is 2.43. The second-order valence-electron chi connectivity index (χ2n) is 8.89. The maximum atomic E-state index is 13.5. The Labute approximate surface area is 229 Å². The number of carbonyl (C=O) groups is 1. The summed E-state index contributed by atoms with van der Waals surface area (Å²) in [5, 5.41) is 2.83. The minimum atomic E-state index is -4.02. The summed E-state index contributed by atoms with van der Waals surface area (Å²) < 4.78 is 55.8. The van der Waals surface area contributed by atoms with E-state index in [1.54, 1.807) is 48.2 Å². The smallest absolute Gasteiger partial charge is 0.243 e. The van der Waals surface area contributed by atoms with Gasteiger partial charge in [0.1, 0.15) is 6.04 Å². The zero-order valence-electron chi connectivity index (χ0n) is 21.1. The lowest BCUT2D eigenvalue weighted by Gasteiger charge is -2.38. The van der Waals surface area contributed by atoms with Crippen LogP contribution < -0.4 is 5.32 Å². The molecule has 0 aliphatic carbocycles. The number of sulfonamides is 2. The highest BCUT2D eigenvalue weighted by Crippen LogP contribution is 2.25. The normalized spacial score (nSPS) is 17.2. The fourth-order valence-electron chi connectivity index (χ4n) is 4.25. The number of benzene rings is 3. The summed E-state index contributed by atoms with van der Waals surface area (Å²) >= 11 is 1.66. The predicted octanol–water partition coefficient (Wildman–Crippen LogP) is 3.11. The third-order valence-corrected chi connectivity index (χ3v) is 11.2. The average Bonchev–Trinajstić information content (AvgIpc) is 2.94. The van der Waals surface area contributed by atoms with Crippen LogP contribution >= 0.6 is 11.8 Å². The first-order valence-electron chi connectivity index (χ1n) is 12.2. The first-order chi connectivity index (χ1) is 18.2. The molecule has 1 aliphatic heterocycles. The maximum absolute atomic E-state index is 13.5. The van der Waals surface area contributed by atoms with Crippen molar-refractivity contribution in [2.75, 3.05) is 31.9 Å². The molecule has 0 spiro atoms. The number of nitrogens with zero attached hydrogens (tertiary/aromatic N) is 2. The SMILES string of the molecule is Cc1ccccc1CSCCNC(=O)[C@H]1CN(S(=O)(=O)c2ccccc2)CCN1S(=O)(=O)c1ccccc1. The van der Waals surface area contributed by atoms with Crippen molar-refractivity contribution in [3.8, 4) is 0 Å². The molecule has 4 rings (SSSR count). The highest BCUT2D eigenvalue weighted by atomic mass is 32.2. The van der Waals surface area contributed by atoms with Gasteiger partial charge in [-0.2, -0.15) is 20.4 Å². The van der Waals surface area contributed by atoms with Crippen LogP contribution in [0.1, 0.15) is 11.1 Å². The molecule has 0 aromatic heterocycles. The molecule has 1 amide bonds. The van der Waals surface area contributed by atoms with Gasteiger partial charge in [0.05, 0.1) is 9.79 Å². The maximum Gasteiger partial charge on any atom is 0.243 e. The van der Waals surface area contributed by atoms with Crippen molar-refractivity contribution in [2.24, 2.45) is 0 Å². The molecule has 8 nitrogen and oxygen atoms in total. The van der Waals surface area contributed by atoms with E-state index in [9.17, 15) is 21.6 Å². The number of carbonyl (C=O) groups excluding carboxylic acids is 1. The Bertz CT molecular complexity index is 1450. The van der Waals surface area contributed by atoms with E-state index in [1.165, 1.54) is 39.7 Å². The number of aryl methyl sites for hydroxylation is 1. The number of nitrogens with one attached hydrogen (secondary N) is 1. The van der Waals surface area contributed by atoms with Gasteiger partial charge in [-0.05, 0) is 42.3 Å². The van der Waals surface area contributed by atoms with Crippen LogP contribution in [0.25, 0.3) is 0 Å². The third kappa shape index (κ3) is 6.47. The Morgan fingerprint density at radius 2 is 1.42 bits per heavy atom. The van der Waals surface area contributed by atoms with E-state index < -0.39 is 32.0 Å². The Morgan fingerprint density at radius 1 is 0.842 bits per heavy atom.